The fourth-order valence-corrected chi connectivity index (χ4v) is 3.35. The highest BCUT2D eigenvalue weighted by Gasteiger charge is 2.19. The van der Waals surface area contributed by atoms with Gasteiger partial charge in [-0.15, -0.1) is 5.10 Å². The maximum atomic E-state index is 13.9. The Bertz CT molecular complexity index is 944. The maximum Gasteiger partial charge on any atom is 0.292 e. The summed E-state index contributed by atoms with van der Waals surface area (Å²) < 4.78 is 15.3. The number of halogens is 1. The van der Waals surface area contributed by atoms with Crippen molar-refractivity contribution in [3.8, 4) is 0 Å². The van der Waals surface area contributed by atoms with Gasteiger partial charge in [-0.2, -0.15) is 5.10 Å². The molecule has 25 heavy (non-hydrogen) atoms. The van der Waals surface area contributed by atoms with Gasteiger partial charge in [0.15, 0.2) is 16.9 Å². The van der Waals surface area contributed by atoms with Crippen LogP contribution < -0.4 is 10.9 Å². The number of aromatic nitrogens is 5. The molecule has 0 atom stereocenters. The molecule has 2 aromatic heterocycles. The summed E-state index contributed by atoms with van der Waals surface area (Å²) in [7, 11) is 0. The van der Waals surface area contributed by atoms with Gasteiger partial charge in [-0.3, -0.25) is 4.79 Å². The lowest BCUT2D eigenvalue weighted by Gasteiger charge is -2.22. The Morgan fingerprint density at radius 1 is 1.24 bits per heavy atom. The number of rotatable bonds is 4. The Balaban J connectivity index is 1.69. The number of benzene rings is 1. The number of fused-ring (bicyclic) bond motifs is 1. The van der Waals surface area contributed by atoms with E-state index in [-0.39, 0.29) is 17.9 Å². The molecule has 0 aliphatic heterocycles. The van der Waals surface area contributed by atoms with Gasteiger partial charge in [0.05, 0.1) is 6.54 Å². The minimum atomic E-state index is -0.384. The third-order valence-corrected chi connectivity index (χ3v) is 4.67. The molecule has 7 nitrogen and oxygen atoms in total. The Morgan fingerprint density at radius 2 is 2.04 bits per heavy atom. The predicted octanol–water partition coefficient (Wildman–Crippen LogP) is 2.45. The molecule has 4 rings (SSSR count). The summed E-state index contributed by atoms with van der Waals surface area (Å²) in [4.78, 5) is 12.2. The van der Waals surface area contributed by atoms with E-state index in [1.807, 2.05) is 0 Å². The van der Waals surface area contributed by atoms with Crippen molar-refractivity contribution in [2.24, 2.45) is 0 Å². The smallest absolute Gasteiger partial charge is 0.292 e. The molecule has 130 valence electrons. The predicted molar refractivity (Wildman–Crippen MR) is 91.9 cm³/mol. The third-order valence-electron chi connectivity index (χ3n) is 4.67. The molecular weight excluding hydrogens is 323 g/mol. The molecule has 8 heteroatoms. The van der Waals surface area contributed by atoms with Crippen molar-refractivity contribution in [2.45, 2.75) is 44.7 Å². The highest BCUT2D eigenvalue weighted by molar-refractivity contribution is 5.84. The lowest BCUT2D eigenvalue weighted by Crippen LogP contribution is -2.24. The number of hydrogen-bond donors (Lipinski definition) is 2. The topological polar surface area (TPSA) is 88.5 Å². The van der Waals surface area contributed by atoms with Crippen LogP contribution in [0.4, 0.5) is 10.2 Å². The van der Waals surface area contributed by atoms with E-state index >= 15 is 0 Å². The average Bonchev–Trinajstić information content (AvgIpc) is 3.05. The zero-order chi connectivity index (χ0) is 17.2. The normalized spacial score (nSPS) is 15.6. The third kappa shape index (κ3) is 3.11. The first kappa shape index (κ1) is 15.7. The number of nitrogens with one attached hydrogen (secondary N) is 2. The first-order valence-corrected chi connectivity index (χ1v) is 8.54. The van der Waals surface area contributed by atoms with Crippen molar-refractivity contribution >= 4 is 16.9 Å². The maximum absolute atomic E-state index is 13.9. The zero-order valence-electron chi connectivity index (χ0n) is 13.7. The Hall–Kier alpha value is -2.77. The SMILES string of the molecule is O=c1[nH]nc(NC2CCCCC2)c2nnn(Cc3ccccc3F)c12. The zero-order valence-corrected chi connectivity index (χ0v) is 13.7. The molecule has 0 spiro atoms. The Kier molecular flexibility index (Phi) is 4.17. The van der Waals surface area contributed by atoms with Gasteiger partial charge in [0.25, 0.3) is 5.56 Å². The molecule has 0 saturated heterocycles. The quantitative estimate of drug-likeness (QED) is 0.760. The van der Waals surface area contributed by atoms with Crippen LogP contribution in [0.1, 0.15) is 37.7 Å². The van der Waals surface area contributed by atoms with E-state index in [1.165, 1.54) is 30.0 Å². The van der Waals surface area contributed by atoms with Crippen molar-refractivity contribution < 1.29 is 4.39 Å². The largest absolute Gasteiger partial charge is 0.364 e. The molecule has 1 aliphatic rings. The molecule has 2 N–H and O–H groups in total. The van der Waals surface area contributed by atoms with E-state index in [1.54, 1.807) is 18.2 Å². The average molecular weight is 342 g/mol. The van der Waals surface area contributed by atoms with Gasteiger partial charge in [0.2, 0.25) is 0 Å². The summed E-state index contributed by atoms with van der Waals surface area (Å²) in [5.41, 5.74) is 0.792. The number of H-pyrrole nitrogens is 1. The summed E-state index contributed by atoms with van der Waals surface area (Å²) in [6, 6.07) is 6.75. The molecule has 1 aromatic carbocycles. The van der Waals surface area contributed by atoms with Gasteiger partial charge < -0.3 is 5.32 Å². The van der Waals surface area contributed by atoms with Gasteiger partial charge in [0.1, 0.15) is 5.82 Å². The summed E-state index contributed by atoms with van der Waals surface area (Å²) in [5, 5.41) is 18.1. The molecule has 1 saturated carbocycles. The van der Waals surface area contributed by atoms with Crippen molar-refractivity contribution in [2.75, 3.05) is 5.32 Å². The van der Waals surface area contributed by atoms with Crippen LogP contribution in [0.5, 0.6) is 0 Å². The first-order chi connectivity index (χ1) is 12.2. The second-order valence-corrected chi connectivity index (χ2v) is 6.42. The van der Waals surface area contributed by atoms with Crippen LogP contribution in [-0.4, -0.2) is 31.2 Å². The lowest BCUT2D eigenvalue weighted by molar-refractivity contribution is 0.461. The second-order valence-electron chi connectivity index (χ2n) is 6.42. The molecule has 0 bridgehead atoms. The van der Waals surface area contributed by atoms with Crippen LogP contribution in [0.15, 0.2) is 29.1 Å². The second kappa shape index (κ2) is 6.62. The molecular formula is C17H19FN6O. The molecule has 2 heterocycles. The van der Waals surface area contributed by atoms with Crippen molar-refractivity contribution in [3.63, 3.8) is 0 Å². The van der Waals surface area contributed by atoms with Gasteiger partial charge in [-0.1, -0.05) is 42.7 Å². The summed E-state index contributed by atoms with van der Waals surface area (Å²) in [6.45, 7) is 0.138. The number of aromatic amines is 1. The van der Waals surface area contributed by atoms with E-state index in [2.05, 4.69) is 25.8 Å². The van der Waals surface area contributed by atoms with Gasteiger partial charge in [0, 0.05) is 11.6 Å². The van der Waals surface area contributed by atoms with Crippen LogP contribution in [-0.2, 0) is 6.54 Å². The molecule has 0 amide bonds. The van der Waals surface area contributed by atoms with Crippen molar-refractivity contribution in [1.82, 2.24) is 25.2 Å². The number of hydrogen-bond acceptors (Lipinski definition) is 5. The first-order valence-electron chi connectivity index (χ1n) is 8.54. The summed E-state index contributed by atoms with van der Waals surface area (Å²) >= 11 is 0. The monoisotopic (exact) mass is 342 g/mol. The van der Waals surface area contributed by atoms with Gasteiger partial charge >= 0.3 is 0 Å². The number of nitrogens with zero attached hydrogens (tertiary/aromatic N) is 4. The van der Waals surface area contributed by atoms with Crippen LogP contribution in [0.3, 0.4) is 0 Å². The Labute approximate surface area is 143 Å². The fourth-order valence-electron chi connectivity index (χ4n) is 3.35. The molecule has 3 aromatic rings. The molecule has 0 radical (unpaired) electrons. The van der Waals surface area contributed by atoms with E-state index in [9.17, 15) is 9.18 Å². The van der Waals surface area contributed by atoms with Crippen LogP contribution >= 0.6 is 0 Å². The van der Waals surface area contributed by atoms with Gasteiger partial charge in [-0.05, 0) is 18.9 Å². The van der Waals surface area contributed by atoms with Crippen LogP contribution in [0.2, 0.25) is 0 Å². The highest BCUT2D eigenvalue weighted by atomic mass is 19.1. The highest BCUT2D eigenvalue weighted by Crippen LogP contribution is 2.23. The van der Waals surface area contributed by atoms with E-state index in [4.69, 9.17) is 0 Å². The van der Waals surface area contributed by atoms with E-state index in [0.717, 1.165) is 12.8 Å². The molecule has 0 unspecified atom stereocenters. The Morgan fingerprint density at radius 3 is 2.84 bits per heavy atom. The van der Waals surface area contributed by atoms with E-state index < -0.39 is 0 Å². The van der Waals surface area contributed by atoms with Gasteiger partial charge in [-0.25, -0.2) is 14.2 Å². The summed E-state index contributed by atoms with van der Waals surface area (Å²) in [5.74, 6) is 0.193. The lowest BCUT2D eigenvalue weighted by atomic mass is 9.95. The van der Waals surface area contributed by atoms with E-state index in [0.29, 0.717) is 28.5 Å². The fraction of sp³-hybridized carbons (Fsp3) is 0.412. The minimum absolute atomic E-state index is 0.138. The van der Waals surface area contributed by atoms with Crippen molar-refractivity contribution in [1.29, 1.82) is 0 Å². The van der Waals surface area contributed by atoms with Crippen LogP contribution in [0.25, 0.3) is 11.0 Å². The number of anilines is 1. The minimum Gasteiger partial charge on any atom is -0.364 e. The standard InChI is InChI=1S/C17H19FN6O/c18-13-9-5-4-6-11(13)10-24-15-14(20-23-24)16(21-22-17(15)25)19-12-7-2-1-3-8-12/h4-6,9,12H,1-3,7-8,10H2,(H,19,21)(H,22,25). The van der Waals surface area contributed by atoms with Crippen molar-refractivity contribution in [3.05, 3.63) is 46.0 Å². The summed E-state index contributed by atoms with van der Waals surface area (Å²) in [6.07, 6.45) is 5.77. The molecule has 1 aliphatic carbocycles. The molecule has 1 fully saturated rings. The van der Waals surface area contributed by atoms with Crippen LogP contribution in [0, 0.1) is 5.82 Å².